The number of hydrogen-bond acceptors (Lipinski definition) is 6. The molecule has 0 spiro atoms. The lowest BCUT2D eigenvalue weighted by atomic mass is 10.3. The zero-order valence-electron chi connectivity index (χ0n) is 13.0. The topological polar surface area (TPSA) is 72.2 Å². The van der Waals surface area contributed by atoms with Crippen LogP contribution in [0.5, 0.6) is 0 Å². The predicted octanol–water partition coefficient (Wildman–Crippen LogP) is 3.58. The molecule has 4 rings (SSSR count). The number of benzene rings is 1. The highest BCUT2D eigenvalue weighted by Gasteiger charge is 2.11. The van der Waals surface area contributed by atoms with Crippen molar-refractivity contribution in [1.29, 1.82) is 0 Å². The minimum Gasteiger partial charge on any atom is -0.325 e. The molecule has 1 aromatic carbocycles. The number of nitrogens with zero attached hydrogens (tertiary/aromatic N) is 4. The van der Waals surface area contributed by atoms with E-state index < -0.39 is 0 Å². The molecule has 0 bridgehead atoms. The second-order valence-electron chi connectivity index (χ2n) is 5.15. The lowest BCUT2D eigenvalue weighted by Crippen LogP contribution is -2.14. The van der Waals surface area contributed by atoms with Gasteiger partial charge in [-0.1, -0.05) is 36.0 Å². The van der Waals surface area contributed by atoms with Crippen LogP contribution in [0.25, 0.3) is 16.3 Å². The van der Waals surface area contributed by atoms with Gasteiger partial charge in [0.2, 0.25) is 5.91 Å². The fourth-order valence-electron chi connectivity index (χ4n) is 2.27. The third-order valence-electron chi connectivity index (χ3n) is 3.39. The number of rotatable bonds is 5. The number of nitrogens with one attached hydrogen (secondary N) is 1. The summed E-state index contributed by atoms with van der Waals surface area (Å²) in [5, 5.41) is 18.5. The average Bonchev–Trinajstić information content (AvgIpc) is 3.29. The van der Waals surface area contributed by atoms with E-state index in [4.69, 9.17) is 0 Å². The lowest BCUT2D eigenvalue weighted by molar-refractivity contribution is -0.113. The molecule has 6 nitrogen and oxygen atoms in total. The van der Waals surface area contributed by atoms with E-state index in [0.29, 0.717) is 11.5 Å². The maximum atomic E-state index is 12.1. The maximum Gasteiger partial charge on any atom is 0.234 e. The van der Waals surface area contributed by atoms with Gasteiger partial charge in [0, 0.05) is 5.69 Å². The van der Waals surface area contributed by atoms with Crippen molar-refractivity contribution < 1.29 is 4.79 Å². The number of thiophene rings is 1. The van der Waals surface area contributed by atoms with Gasteiger partial charge in [-0.3, -0.25) is 4.79 Å². The standard InChI is InChI=1S/C17H13N5OS2/c23-15(18-12-5-2-1-3-6-12)11-25-16-9-8-14-19-20-17(22(14)21-16)13-7-4-10-24-13/h1-10H,11H2,(H,18,23). The molecule has 1 amide bonds. The lowest BCUT2D eigenvalue weighted by Gasteiger charge is -2.05. The van der Waals surface area contributed by atoms with Gasteiger partial charge in [-0.15, -0.1) is 21.5 Å². The van der Waals surface area contributed by atoms with Crippen LogP contribution < -0.4 is 5.32 Å². The van der Waals surface area contributed by atoms with Crippen LogP contribution in [0.2, 0.25) is 0 Å². The number of fused-ring (bicyclic) bond motifs is 1. The smallest absolute Gasteiger partial charge is 0.234 e. The van der Waals surface area contributed by atoms with Crippen molar-refractivity contribution >= 4 is 40.3 Å². The van der Waals surface area contributed by atoms with Gasteiger partial charge in [-0.2, -0.15) is 9.61 Å². The summed E-state index contributed by atoms with van der Waals surface area (Å²) in [6, 6.07) is 17.1. The van der Waals surface area contributed by atoms with E-state index in [1.165, 1.54) is 11.8 Å². The number of amides is 1. The van der Waals surface area contributed by atoms with E-state index in [1.54, 1.807) is 15.9 Å². The Morgan fingerprint density at radius 3 is 2.76 bits per heavy atom. The summed E-state index contributed by atoms with van der Waals surface area (Å²) < 4.78 is 1.71. The quantitative estimate of drug-likeness (QED) is 0.546. The van der Waals surface area contributed by atoms with Crippen LogP contribution >= 0.6 is 23.1 Å². The Balaban J connectivity index is 1.48. The van der Waals surface area contributed by atoms with Crippen LogP contribution in [0.4, 0.5) is 5.69 Å². The summed E-state index contributed by atoms with van der Waals surface area (Å²) in [6.45, 7) is 0. The fraction of sp³-hybridized carbons (Fsp3) is 0.0588. The zero-order valence-corrected chi connectivity index (χ0v) is 14.6. The van der Waals surface area contributed by atoms with E-state index in [0.717, 1.165) is 15.6 Å². The van der Waals surface area contributed by atoms with Crippen LogP contribution in [0.3, 0.4) is 0 Å². The van der Waals surface area contributed by atoms with Crippen LogP contribution in [0, 0.1) is 0 Å². The van der Waals surface area contributed by atoms with Crippen molar-refractivity contribution in [3.8, 4) is 10.7 Å². The molecule has 3 aromatic heterocycles. The summed E-state index contributed by atoms with van der Waals surface area (Å²) in [7, 11) is 0. The zero-order chi connectivity index (χ0) is 17.1. The van der Waals surface area contributed by atoms with Gasteiger partial charge in [-0.05, 0) is 35.7 Å². The van der Waals surface area contributed by atoms with Crippen LogP contribution in [0.15, 0.2) is 65.0 Å². The molecule has 3 heterocycles. The van der Waals surface area contributed by atoms with E-state index in [9.17, 15) is 4.79 Å². The van der Waals surface area contributed by atoms with Crippen LogP contribution in [-0.2, 0) is 4.79 Å². The summed E-state index contributed by atoms with van der Waals surface area (Å²) in [5.41, 5.74) is 1.47. The fourth-order valence-corrected chi connectivity index (χ4v) is 3.61. The largest absolute Gasteiger partial charge is 0.325 e. The highest BCUT2D eigenvalue weighted by Crippen LogP contribution is 2.24. The molecular weight excluding hydrogens is 354 g/mol. The van der Waals surface area contributed by atoms with Crippen molar-refractivity contribution in [2.75, 3.05) is 11.1 Å². The van der Waals surface area contributed by atoms with Gasteiger partial charge < -0.3 is 5.32 Å². The van der Waals surface area contributed by atoms with Crippen molar-refractivity contribution in [3.63, 3.8) is 0 Å². The SMILES string of the molecule is O=C(CSc1ccc2nnc(-c3cccs3)n2n1)Nc1ccccc1. The maximum absolute atomic E-state index is 12.1. The molecule has 0 fully saturated rings. The highest BCUT2D eigenvalue weighted by atomic mass is 32.2. The third-order valence-corrected chi connectivity index (χ3v) is 5.17. The van der Waals surface area contributed by atoms with Crippen molar-refractivity contribution in [1.82, 2.24) is 19.8 Å². The first-order valence-corrected chi connectivity index (χ1v) is 9.40. The number of thioether (sulfide) groups is 1. The molecule has 1 N–H and O–H groups in total. The second-order valence-corrected chi connectivity index (χ2v) is 7.09. The number of aromatic nitrogens is 4. The first kappa shape index (κ1) is 15.8. The molecule has 0 aliphatic carbocycles. The Morgan fingerprint density at radius 1 is 1.08 bits per heavy atom. The predicted molar refractivity (Wildman–Crippen MR) is 99.9 cm³/mol. The molecule has 4 aromatic rings. The molecule has 25 heavy (non-hydrogen) atoms. The van der Waals surface area contributed by atoms with Crippen LogP contribution in [0.1, 0.15) is 0 Å². The average molecular weight is 367 g/mol. The molecule has 0 atom stereocenters. The molecule has 0 saturated carbocycles. The van der Waals surface area contributed by atoms with E-state index >= 15 is 0 Å². The molecule has 0 aliphatic rings. The van der Waals surface area contributed by atoms with Gasteiger partial charge in [-0.25, -0.2) is 0 Å². The van der Waals surface area contributed by atoms with Gasteiger partial charge in [0.15, 0.2) is 11.5 Å². The first-order valence-electron chi connectivity index (χ1n) is 7.54. The van der Waals surface area contributed by atoms with E-state index in [1.807, 2.05) is 60.0 Å². The van der Waals surface area contributed by atoms with Crippen molar-refractivity contribution in [2.45, 2.75) is 5.03 Å². The molecular formula is C17H13N5OS2. The number of carbonyl (C=O) groups excluding carboxylic acids is 1. The molecule has 0 saturated heterocycles. The Bertz CT molecular complexity index is 999. The van der Waals surface area contributed by atoms with Crippen molar-refractivity contribution in [3.05, 3.63) is 60.0 Å². The third kappa shape index (κ3) is 3.54. The van der Waals surface area contributed by atoms with Crippen molar-refractivity contribution in [2.24, 2.45) is 0 Å². The monoisotopic (exact) mass is 367 g/mol. The first-order chi connectivity index (χ1) is 12.3. The Hall–Kier alpha value is -2.71. The van der Waals surface area contributed by atoms with E-state index in [2.05, 4.69) is 20.6 Å². The number of carbonyl (C=O) groups is 1. The van der Waals surface area contributed by atoms with E-state index in [-0.39, 0.29) is 11.7 Å². The van der Waals surface area contributed by atoms with Gasteiger partial charge in [0.1, 0.15) is 5.03 Å². The van der Waals surface area contributed by atoms with Gasteiger partial charge in [0.05, 0.1) is 10.6 Å². The van der Waals surface area contributed by atoms with Gasteiger partial charge >= 0.3 is 0 Å². The number of hydrogen-bond donors (Lipinski definition) is 1. The summed E-state index contributed by atoms with van der Waals surface area (Å²) in [4.78, 5) is 13.1. The molecule has 0 unspecified atom stereocenters. The van der Waals surface area contributed by atoms with Gasteiger partial charge in [0.25, 0.3) is 0 Å². The molecule has 124 valence electrons. The minimum atomic E-state index is -0.0691. The number of para-hydroxylation sites is 1. The molecule has 0 aliphatic heterocycles. The Morgan fingerprint density at radius 2 is 1.96 bits per heavy atom. The second kappa shape index (κ2) is 7.04. The number of anilines is 1. The highest BCUT2D eigenvalue weighted by molar-refractivity contribution is 7.99. The Kier molecular flexibility index (Phi) is 4.45. The molecule has 8 heteroatoms. The molecule has 0 radical (unpaired) electrons. The Labute approximate surface area is 151 Å². The normalized spacial score (nSPS) is 10.9. The van der Waals surface area contributed by atoms with Crippen LogP contribution in [-0.4, -0.2) is 31.5 Å². The minimum absolute atomic E-state index is 0.0691. The summed E-state index contributed by atoms with van der Waals surface area (Å²) >= 11 is 2.96. The summed E-state index contributed by atoms with van der Waals surface area (Å²) in [5.74, 6) is 0.922. The summed E-state index contributed by atoms with van der Waals surface area (Å²) in [6.07, 6.45) is 0.